The average molecular weight is 305 g/mol. The van der Waals surface area contributed by atoms with Gasteiger partial charge in [-0.3, -0.25) is 0 Å². The van der Waals surface area contributed by atoms with Gasteiger partial charge < -0.3 is 10.1 Å². The second-order valence-corrected chi connectivity index (χ2v) is 5.03. The van der Waals surface area contributed by atoms with Crippen LogP contribution in [0.4, 0.5) is 19.1 Å². The second kappa shape index (κ2) is 6.25. The van der Waals surface area contributed by atoms with Gasteiger partial charge in [0.2, 0.25) is 11.8 Å². The van der Waals surface area contributed by atoms with Crippen molar-refractivity contribution in [2.24, 2.45) is 0 Å². The van der Waals surface area contributed by atoms with Crippen molar-refractivity contribution < 1.29 is 17.9 Å². The molecule has 110 valence electrons. The van der Waals surface area contributed by atoms with Crippen LogP contribution in [-0.4, -0.2) is 29.3 Å². The number of alkyl halides is 3. The highest BCUT2D eigenvalue weighted by molar-refractivity contribution is 7.16. The van der Waals surface area contributed by atoms with Crippen molar-refractivity contribution in [1.82, 2.24) is 9.97 Å². The third-order valence-electron chi connectivity index (χ3n) is 2.45. The minimum atomic E-state index is -4.23. The summed E-state index contributed by atoms with van der Waals surface area (Å²) in [5.41, 5.74) is 0. The Morgan fingerprint density at radius 1 is 1.35 bits per heavy atom. The molecule has 0 saturated heterocycles. The maximum atomic E-state index is 12.1. The smallest absolute Gasteiger partial charge is 0.392 e. The van der Waals surface area contributed by atoms with Crippen LogP contribution in [0.15, 0.2) is 11.4 Å². The third kappa shape index (κ3) is 3.96. The number of hydrogen-bond donors (Lipinski definition) is 1. The monoisotopic (exact) mass is 305 g/mol. The number of thiophene rings is 1. The molecule has 8 heteroatoms. The van der Waals surface area contributed by atoms with E-state index in [1.807, 2.05) is 6.92 Å². The molecule has 20 heavy (non-hydrogen) atoms. The van der Waals surface area contributed by atoms with E-state index in [1.165, 1.54) is 11.3 Å². The summed E-state index contributed by atoms with van der Waals surface area (Å²) in [5, 5.41) is 5.45. The van der Waals surface area contributed by atoms with E-state index < -0.39 is 19.2 Å². The summed E-state index contributed by atoms with van der Waals surface area (Å²) < 4.78 is 41.6. The summed E-state index contributed by atoms with van der Waals surface area (Å²) in [5.74, 6) is 0.572. The number of nitrogens with zero attached hydrogens (tertiary/aromatic N) is 2. The molecule has 0 aliphatic carbocycles. The Balaban J connectivity index is 2.15. The van der Waals surface area contributed by atoms with E-state index >= 15 is 0 Å². The molecule has 0 radical (unpaired) electrons. The Hall–Kier alpha value is -1.57. The van der Waals surface area contributed by atoms with E-state index in [0.717, 1.165) is 6.42 Å². The first kappa shape index (κ1) is 14.8. The number of aromatic nitrogens is 2. The lowest BCUT2D eigenvalue weighted by molar-refractivity contribution is -0.139. The van der Waals surface area contributed by atoms with Crippen molar-refractivity contribution >= 4 is 27.5 Å². The van der Waals surface area contributed by atoms with Crippen molar-refractivity contribution in [2.45, 2.75) is 25.9 Å². The van der Waals surface area contributed by atoms with E-state index in [1.54, 1.807) is 11.4 Å². The fourth-order valence-corrected chi connectivity index (χ4v) is 2.27. The summed E-state index contributed by atoms with van der Waals surface area (Å²) in [6, 6.07) is 1.74. The van der Waals surface area contributed by atoms with E-state index in [4.69, 9.17) is 4.74 Å². The number of halogens is 3. The molecule has 0 aliphatic heterocycles. The van der Waals surface area contributed by atoms with Crippen molar-refractivity contribution in [1.29, 1.82) is 0 Å². The minimum Gasteiger partial charge on any atom is -0.477 e. The molecular formula is C12H14F3N3OS. The molecule has 0 aromatic carbocycles. The van der Waals surface area contributed by atoms with E-state index in [0.29, 0.717) is 22.7 Å². The lowest BCUT2D eigenvalue weighted by Crippen LogP contribution is -2.14. The molecule has 0 amide bonds. The van der Waals surface area contributed by atoms with Crippen LogP contribution in [0.25, 0.3) is 10.2 Å². The molecule has 2 heterocycles. The van der Waals surface area contributed by atoms with Gasteiger partial charge in [-0.25, -0.2) is 4.98 Å². The second-order valence-electron chi connectivity index (χ2n) is 4.13. The molecule has 0 aliphatic rings. The molecule has 0 unspecified atom stereocenters. The van der Waals surface area contributed by atoms with Crippen LogP contribution in [0.5, 0.6) is 5.88 Å². The number of ether oxygens (including phenoxy) is 1. The number of fused-ring (bicyclic) bond motifs is 1. The summed E-state index contributed by atoms with van der Waals surface area (Å²) in [7, 11) is 0. The highest BCUT2D eigenvalue weighted by atomic mass is 32.1. The Morgan fingerprint density at radius 3 is 2.85 bits per heavy atom. The molecule has 2 aromatic heterocycles. The Morgan fingerprint density at radius 2 is 2.15 bits per heavy atom. The molecule has 0 atom stereocenters. The van der Waals surface area contributed by atoms with E-state index in [-0.39, 0.29) is 5.88 Å². The van der Waals surface area contributed by atoms with Gasteiger partial charge in [0.15, 0.2) is 0 Å². The van der Waals surface area contributed by atoms with Crippen LogP contribution in [0.3, 0.4) is 0 Å². The molecule has 1 N–H and O–H groups in total. The van der Waals surface area contributed by atoms with Gasteiger partial charge in [0.25, 0.3) is 0 Å². The molecule has 0 bridgehead atoms. The molecule has 2 rings (SSSR count). The van der Waals surface area contributed by atoms with Gasteiger partial charge in [-0.05, 0) is 17.9 Å². The Labute approximate surface area is 118 Å². The molecule has 0 saturated carbocycles. The predicted octanol–water partition coefficient (Wildman–Crippen LogP) is 3.84. The normalized spacial score (nSPS) is 11.8. The van der Waals surface area contributed by atoms with Gasteiger partial charge in [-0.2, -0.15) is 18.2 Å². The maximum absolute atomic E-state index is 12.1. The van der Waals surface area contributed by atoms with E-state index in [9.17, 15) is 13.2 Å². The average Bonchev–Trinajstić information content (AvgIpc) is 2.83. The molecule has 0 fully saturated rings. The number of anilines is 1. The van der Waals surface area contributed by atoms with Gasteiger partial charge in [0, 0.05) is 6.54 Å². The number of hydrogen-bond acceptors (Lipinski definition) is 5. The van der Waals surface area contributed by atoms with E-state index in [2.05, 4.69) is 15.3 Å². The Kier molecular flexibility index (Phi) is 4.64. The van der Waals surface area contributed by atoms with Crippen LogP contribution in [0, 0.1) is 0 Å². The van der Waals surface area contributed by atoms with Crippen molar-refractivity contribution in [2.75, 3.05) is 18.5 Å². The maximum Gasteiger partial charge on any atom is 0.392 e. The molecule has 4 nitrogen and oxygen atoms in total. The SMILES string of the molecule is CCCNc1nc(OCCC(F)(F)F)c2ccsc2n1. The zero-order valence-electron chi connectivity index (χ0n) is 10.8. The molecule has 0 spiro atoms. The Bertz CT molecular complexity index is 571. The van der Waals surface area contributed by atoms with Crippen LogP contribution < -0.4 is 10.1 Å². The predicted molar refractivity (Wildman–Crippen MR) is 72.4 cm³/mol. The topological polar surface area (TPSA) is 47.0 Å². The minimum absolute atomic E-state index is 0.194. The first-order valence-corrected chi connectivity index (χ1v) is 7.06. The lowest BCUT2D eigenvalue weighted by atomic mass is 10.4. The van der Waals surface area contributed by atoms with Gasteiger partial charge in [-0.15, -0.1) is 11.3 Å². The summed E-state index contributed by atoms with van der Waals surface area (Å²) in [4.78, 5) is 9.10. The van der Waals surface area contributed by atoms with Gasteiger partial charge in [-0.1, -0.05) is 6.92 Å². The van der Waals surface area contributed by atoms with Crippen LogP contribution in [-0.2, 0) is 0 Å². The molecule has 2 aromatic rings. The van der Waals surface area contributed by atoms with Crippen LogP contribution >= 0.6 is 11.3 Å². The largest absolute Gasteiger partial charge is 0.477 e. The fourth-order valence-electron chi connectivity index (χ4n) is 1.52. The quantitative estimate of drug-likeness (QED) is 0.880. The fraction of sp³-hybridized carbons (Fsp3) is 0.500. The van der Waals surface area contributed by atoms with Gasteiger partial charge in [0.05, 0.1) is 18.4 Å². The standard InChI is InChI=1S/C12H14F3N3OS/c1-2-5-16-11-17-9(19-6-4-12(13,14)15)8-3-7-20-10(8)18-11/h3,7H,2,4-6H2,1H3,(H,16,17,18). The zero-order valence-corrected chi connectivity index (χ0v) is 11.6. The first-order chi connectivity index (χ1) is 9.49. The lowest BCUT2D eigenvalue weighted by Gasteiger charge is -2.10. The summed E-state index contributed by atoms with van der Waals surface area (Å²) in [6.45, 7) is 2.25. The molecular weight excluding hydrogens is 291 g/mol. The van der Waals surface area contributed by atoms with Gasteiger partial charge in [0.1, 0.15) is 4.83 Å². The van der Waals surface area contributed by atoms with Crippen LogP contribution in [0.1, 0.15) is 19.8 Å². The third-order valence-corrected chi connectivity index (χ3v) is 3.25. The van der Waals surface area contributed by atoms with Gasteiger partial charge >= 0.3 is 6.18 Å². The zero-order chi connectivity index (χ0) is 14.6. The summed E-state index contributed by atoms with van der Waals surface area (Å²) >= 11 is 1.39. The van der Waals surface area contributed by atoms with Crippen molar-refractivity contribution in [3.05, 3.63) is 11.4 Å². The van der Waals surface area contributed by atoms with Crippen LogP contribution in [0.2, 0.25) is 0 Å². The first-order valence-electron chi connectivity index (χ1n) is 6.18. The number of nitrogens with one attached hydrogen (secondary N) is 1. The highest BCUT2D eigenvalue weighted by Gasteiger charge is 2.27. The summed E-state index contributed by atoms with van der Waals surface area (Å²) in [6.07, 6.45) is -4.33. The number of rotatable bonds is 6. The van der Waals surface area contributed by atoms with Crippen molar-refractivity contribution in [3.8, 4) is 5.88 Å². The highest BCUT2D eigenvalue weighted by Crippen LogP contribution is 2.29. The van der Waals surface area contributed by atoms with Crippen molar-refractivity contribution in [3.63, 3.8) is 0 Å².